The number of carbonyl (C=O) groups is 1. The second kappa shape index (κ2) is 4.38. The summed E-state index contributed by atoms with van der Waals surface area (Å²) in [6.07, 6.45) is -0.146. The summed E-state index contributed by atoms with van der Waals surface area (Å²) >= 11 is 0. The molecule has 1 rings (SSSR count). The SMILES string of the molecule is NC(CO)(Cc1ccc(O)c(O)c1)C(=O)O. The first-order valence-corrected chi connectivity index (χ1v) is 4.53. The highest BCUT2D eigenvalue weighted by molar-refractivity contribution is 5.79. The molecule has 6 heteroatoms. The molecule has 6 nitrogen and oxygen atoms in total. The number of aliphatic hydroxyl groups excluding tert-OH is 1. The number of aliphatic hydroxyl groups is 1. The second-order valence-corrected chi connectivity index (χ2v) is 3.62. The number of hydrogen-bond donors (Lipinski definition) is 5. The molecule has 1 atom stereocenters. The molecule has 1 unspecified atom stereocenters. The number of carboxylic acid groups (broad SMARTS) is 1. The summed E-state index contributed by atoms with van der Waals surface area (Å²) in [6, 6.07) is 3.86. The van der Waals surface area contributed by atoms with Crippen molar-refractivity contribution < 1.29 is 25.2 Å². The Labute approximate surface area is 91.6 Å². The Morgan fingerprint density at radius 2 is 1.94 bits per heavy atom. The van der Waals surface area contributed by atoms with Gasteiger partial charge in [-0.3, -0.25) is 4.79 Å². The Morgan fingerprint density at radius 3 is 2.38 bits per heavy atom. The largest absolute Gasteiger partial charge is 0.504 e. The minimum atomic E-state index is -1.79. The van der Waals surface area contributed by atoms with Crippen molar-refractivity contribution in [1.82, 2.24) is 0 Å². The van der Waals surface area contributed by atoms with E-state index in [4.69, 9.17) is 21.1 Å². The molecule has 0 saturated carbocycles. The molecule has 0 aromatic heterocycles. The number of aliphatic carboxylic acids is 1. The minimum Gasteiger partial charge on any atom is -0.504 e. The van der Waals surface area contributed by atoms with Crippen LogP contribution in [-0.4, -0.2) is 38.5 Å². The van der Waals surface area contributed by atoms with E-state index in [0.717, 1.165) is 0 Å². The van der Waals surface area contributed by atoms with Crippen LogP contribution < -0.4 is 5.73 Å². The van der Waals surface area contributed by atoms with Gasteiger partial charge in [0.25, 0.3) is 0 Å². The lowest BCUT2D eigenvalue weighted by atomic mass is 9.92. The van der Waals surface area contributed by atoms with Crippen molar-refractivity contribution in [2.24, 2.45) is 5.73 Å². The molecule has 0 fully saturated rings. The lowest BCUT2D eigenvalue weighted by molar-refractivity contribution is -0.144. The maximum Gasteiger partial charge on any atom is 0.326 e. The van der Waals surface area contributed by atoms with Crippen LogP contribution in [0.1, 0.15) is 5.56 Å². The molecule has 0 aliphatic carbocycles. The summed E-state index contributed by atoms with van der Waals surface area (Å²) in [4.78, 5) is 10.8. The molecule has 1 aromatic rings. The van der Waals surface area contributed by atoms with Crippen LogP contribution in [-0.2, 0) is 11.2 Å². The fourth-order valence-electron chi connectivity index (χ4n) is 1.24. The monoisotopic (exact) mass is 227 g/mol. The van der Waals surface area contributed by atoms with E-state index in [9.17, 15) is 9.90 Å². The number of rotatable bonds is 4. The standard InChI is InChI=1S/C10H13NO5/c11-10(5-12,9(15)16)4-6-1-2-7(13)8(14)3-6/h1-3,12-14H,4-5,11H2,(H,15,16). The van der Waals surface area contributed by atoms with Crippen molar-refractivity contribution in [3.63, 3.8) is 0 Å². The molecule has 6 N–H and O–H groups in total. The first-order chi connectivity index (χ1) is 7.39. The Hall–Kier alpha value is -1.79. The molecular formula is C10H13NO5. The Balaban J connectivity index is 2.95. The van der Waals surface area contributed by atoms with Gasteiger partial charge in [-0.15, -0.1) is 0 Å². The quantitative estimate of drug-likeness (QED) is 0.438. The summed E-state index contributed by atoms with van der Waals surface area (Å²) in [6.45, 7) is -0.718. The van der Waals surface area contributed by atoms with Crippen molar-refractivity contribution in [1.29, 1.82) is 0 Å². The fourth-order valence-corrected chi connectivity index (χ4v) is 1.24. The van der Waals surface area contributed by atoms with E-state index >= 15 is 0 Å². The summed E-state index contributed by atoms with van der Waals surface area (Å²) in [7, 11) is 0. The third kappa shape index (κ3) is 2.41. The number of hydrogen-bond acceptors (Lipinski definition) is 5. The predicted octanol–water partition coefficient (Wildman–Crippen LogP) is -0.585. The van der Waals surface area contributed by atoms with Crippen LogP contribution in [0.2, 0.25) is 0 Å². The van der Waals surface area contributed by atoms with E-state index in [-0.39, 0.29) is 17.9 Å². The lowest BCUT2D eigenvalue weighted by Crippen LogP contribution is -2.53. The van der Waals surface area contributed by atoms with Crippen molar-refractivity contribution in [2.45, 2.75) is 12.0 Å². The molecule has 0 amide bonds. The summed E-state index contributed by atoms with van der Waals surface area (Å²) in [5, 5.41) is 36.0. The average molecular weight is 227 g/mol. The van der Waals surface area contributed by atoms with Crippen LogP contribution in [0.5, 0.6) is 11.5 Å². The zero-order chi connectivity index (χ0) is 12.3. The van der Waals surface area contributed by atoms with E-state index in [1.807, 2.05) is 0 Å². The number of nitrogens with two attached hydrogens (primary N) is 1. The van der Waals surface area contributed by atoms with Crippen LogP contribution in [0.25, 0.3) is 0 Å². The summed E-state index contributed by atoms with van der Waals surface area (Å²) in [5.74, 6) is -1.99. The second-order valence-electron chi connectivity index (χ2n) is 3.62. The van der Waals surface area contributed by atoms with Crippen LogP contribution in [0.4, 0.5) is 0 Å². The van der Waals surface area contributed by atoms with Crippen LogP contribution in [0, 0.1) is 0 Å². The third-order valence-corrected chi connectivity index (χ3v) is 2.27. The Morgan fingerprint density at radius 1 is 1.31 bits per heavy atom. The molecule has 0 saturated heterocycles. The normalized spacial score (nSPS) is 14.4. The van der Waals surface area contributed by atoms with Gasteiger partial charge in [0.15, 0.2) is 11.5 Å². The molecule has 0 radical (unpaired) electrons. The van der Waals surface area contributed by atoms with Gasteiger partial charge in [-0.1, -0.05) is 6.07 Å². The van der Waals surface area contributed by atoms with Crippen LogP contribution >= 0.6 is 0 Å². The Bertz CT molecular complexity index is 406. The first-order valence-electron chi connectivity index (χ1n) is 4.53. The van der Waals surface area contributed by atoms with E-state index in [0.29, 0.717) is 5.56 Å². The number of aromatic hydroxyl groups is 2. The molecule has 1 aromatic carbocycles. The maximum atomic E-state index is 10.8. The van der Waals surface area contributed by atoms with Gasteiger partial charge in [0.05, 0.1) is 6.61 Å². The van der Waals surface area contributed by atoms with Gasteiger partial charge >= 0.3 is 5.97 Å². The van der Waals surface area contributed by atoms with Crippen molar-refractivity contribution in [3.05, 3.63) is 23.8 Å². The number of benzene rings is 1. The van der Waals surface area contributed by atoms with Crippen molar-refractivity contribution in [2.75, 3.05) is 6.61 Å². The van der Waals surface area contributed by atoms with E-state index in [1.165, 1.54) is 18.2 Å². The zero-order valence-electron chi connectivity index (χ0n) is 8.42. The van der Waals surface area contributed by atoms with Crippen molar-refractivity contribution in [3.8, 4) is 11.5 Å². The summed E-state index contributed by atoms with van der Waals surface area (Å²) in [5.41, 5.74) is 4.09. The van der Waals surface area contributed by atoms with E-state index < -0.39 is 18.1 Å². The van der Waals surface area contributed by atoms with Gasteiger partial charge in [0.1, 0.15) is 5.54 Å². The minimum absolute atomic E-state index is 0.146. The van der Waals surface area contributed by atoms with Gasteiger partial charge in [-0.25, -0.2) is 0 Å². The molecule has 0 aliphatic rings. The Kier molecular flexibility index (Phi) is 3.36. The molecule has 0 aliphatic heterocycles. The number of phenolic OH excluding ortho intramolecular Hbond substituents is 2. The van der Waals surface area contributed by atoms with E-state index in [2.05, 4.69) is 0 Å². The average Bonchev–Trinajstić information content (AvgIpc) is 2.23. The molecular weight excluding hydrogens is 214 g/mol. The van der Waals surface area contributed by atoms with E-state index in [1.54, 1.807) is 0 Å². The molecule has 16 heavy (non-hydrogen) atoms. The maximum absolute atomic E-state index is 10.8. The van der Waals surface area contributed by atoms with Crippen LogP contribution in [0.3, 0.4) is 0 Å². The zero-order valence-corrected chi connectivity index (χ0v) is 8.42. The predicted molar refractivity (Wildman–Crippen MR) is 55.1 cm³/mol. The molecule has 0 bridgehead atoms. The molecule has 88 valence electrons. The topological polar surface area (TPSA) is 124 Å². The van der Waals surface area contributed by atoms with Gasteiger partial charge in [0, 0.05) is 6.42 Å². The molecule has 0 heterocycles. The van der Waals surface area contributed by atoms with Crippen LogP contribution in [0.15, 0.2) is 18.2 Å². The summed E-state index contributed by atoms with van der Waals surface area (Å²) < 4.78 is 0. The van der Waals surface area contributed by atoms with Gasteiger partial charge in [0.2, 0.25) is 0 Å². The van der Waals surface area contributed by atoms with Gasteiger partial charge in [-0.2, -0.15) is 0 Å². The first kappa shape index (κ1) is 12.3. The fraction of sp³-hybridized carbons (Fsp3) is 0.300. The highest BCUT2D eigenvalue weighted by Gasteiger charge is 2.33. The third-order valence-electron chi connectivity index (χ3n) is 2.27. The smallest absolute Gasteiger partial charge is 0.326 e. The van der Waals surface area contributed by atoms with Crippen molar-refractivity contribution >= 4 is 5.97 Å². The van der Waals surface area contributed by atoms with Gasteiger partial charge < -0.3 is 26.2 Å². The highest BCUT2D eigenvalue weighted by atomic mass is 16.4. The molecule has 0 spiro atoms. The van der Waals surface area contributed by atoms with Gasteiger partial charge in [-0.05, 0) is 17.7 Å². The highest BCUT2D eigenvalue weighted by Crippen LogP contribution is 2.26. The lowest BCUT2D eigenvalue weighted by Gasteiger charge is -2.21. The number of phenols is 2. The number of carboxylic acids is 1.